The summed E-state index contributed by atoms with van der Waals surface area (Å²) in [7, 11) is 0. The summed E-state index contributed by atoms with van der Waals surface area (Å²) in [5, 5.41) is 11.4. The zero-order chi connectivity index (χ0) is 24.0. The summed E-state index contributed by atoms with van der Waals surface area (Å²) in [6.45, 7) is 2.94. The average molecular weight is 477 g/mol. The van der Waals surface area contributed by atoms with Crippen molar-refractivity contribution in [2.24, 2.45) is 0 Å². The highest BCUT2D eigenvalue weighted by Gasteiger charge is 2.57. The average Bonchev–Trinajstić information content (AvgIpc) is 2.89. The van der Waals surface area contributed by atoms with Gasteiger partial charge in [-0.25, -0.2) is 0 Å². The second-order valence-electron chi connectivity index (χ2n) is 9.04. The Morgan fingerprint density at radius 2 is 0.914 bits per heavy atom. The first-order valence-electron chi connectivity index (χ1n) is 12.1. The Kier molecular flexibility index (Phi) is 7.88. The minimum absolute atomic E-state index is 0.346. The van der Waals surface area contributed by atoms with Gasteiger partial charge >= 0.3 is 0 Å². The van der Waals surface area contributed by atoms with Gasteiger partial charge in [-0.15, -0.1) is 0 Å². The van der Waals surface area contributed by atoms with Gasteiger partial charge in [0, 0.05) is 0 Å². The molecular weight excluding hydrogens is 444 g/mol. The molecule has 6 nitrogen and oxygen atoms in total. The standard InChI is InChI=1S/C29H32O6/c1-20-34-28-25(31-17-21-11-5-2-6-12-21)24(30)26(32-18-22-13-7-3-8-14-22)29(35-20)27(28)33-19-23-15-9-4-10-16-23/h2-16,20,24-30H,17-19H2,1H3/t20?,24?,25-,26-,27?,28-,29+/m0/s1. The van der Waals surface area contributed by atoms with Crippen LogP contribution < -0.4 is 0 Å². The molecule has 0 aromatic heterocycles. The van der Waals surface area contributed by atoms with Gasteiger partial charge in [-0.3, -0.25) is 0 Å². The molecule has 1 aliphatic heterocycles. The van der Waals surface area contributed by atoms with Crippen LogP contribution in [0.5, 0.6) is 0 Å². The van der Waals surface area contributed by atoms with Gasteiger partial charge in [0.05, 0.1) is 19.8 Å². The molecule has 1 saturated carbocycles. The third kappa shape index (κ3) is 5.81. The Bertz CT molecular complexity index is 904. The third-order valence-electron chi connectivity index (χ3n) is 6.52. The molecule has 2 aliphatic rings. The molecular formula is C29H32O6. The summed E-state index contributed by atoms with van der Waals surface area (Å²) in [5.41, 5.74) is 3.09. The maximum atomic E-state index is 11.4. The van der Waals surface area contributed by atoms with Crippen molar-refractivity contribution in [2.75, 3.05) is 0 Å². The SMILES string of the molecule is CC1O[C@@H]2C(OCc3ccccc3)[C@H](O1)[C@@H](OCc1ccccc1)C(O)[C@@H]2OCc1ccccc1. The smallest absolute Gasteiger partial charge is 0.156 e. The van der Waals surface area contributed by atoms with Crippen LogP contribution in [-0.2, 0) is 43.5 Å². The number of ether oxygens (including phenoxy) is 5. The predicted octanol–water partition coefficient (Wildman–Crippen LogP) is 4.25. The Labute approximate surface area is 206 Å². The van der Waals surface area contributed by atoms with Gasteiger partial charge in [-0.1, -0.05) is 91.0 Å². The fourth-order valence-electron chi connectivity index (χ4n) is 4.80. The van der Waals surface area contributed by atoms with Crippen molar-refractivity contribution in [3.63, 3.8) is 0 Å². The third-order valence-corrected chi connectivity index (χ3v) is 6.52. The summed E-state index contributed by atoms with van der Waals surface area (Å²) in [6, 6.07) is 29.8. The number of fused-ring (bicyclic) bond motifs is 2. The number of aliphatic hydroxyl groups is 1. The lowest BCUT2D eigenvalue weighted by molar-refractivity contribution is -0.365. The van der Waals surface area contributed by atoms with E-state index in [1.54, 1.807) is 0 Å². The minimum atomic E-state index is -0.943. The molecule has 5 rings (SSSR count). The molecule has 7 atom stereocenters. The second-order valence-corrected chi connectivity index (χ2v) is 9.04. The Morgan fingerprint density at radius 3 is 1.29 bits per heavy atom. The van der Waals surface area contributed by atoms with Crippen LogP contribution in [-0.4, -0.2) is 48.0 Å². The van der Waals surface area contributed by atoms with Gasteiger partial charge in [0.1, 0.15) is 36.6 Å². The highest BCUT2D eigenvalue weighted by atomic mass is 16.7. The van der Waals surface area contributed by atoms with Crippen LogP contribution in [0, 0.1) is 0 Å². The van der Waals surface area contributed by atoms with Gasteiger partial charge in [-0.2, -0.15) is 0 Å². The zero-order valence-electron chi connectivity index (χ0n) is 19.8. The van der Waals surface area contributed by atoms with E-state index in [-0.39, 0.29) is 0 Å². The topological polar surface area (TPSA) is 66.4 Å². The Hall–Kier alpha value is -2.58. The summed E-state index contributed by atoms with van der Waals surface area (Å²) in [6.07, 6.45) is -4.15. The molecule has 0 radical (unpaired) electrons. The quantitative estimate of drug-likeness (QED) is 0.498. The van der Waals surface area contributed by atoms with Crippen LogP contribution in [0.15, 0.2) is 91.0 Å². The van der Waals surface area contributed by atoms with Crippen LogP contribution in [0.25, 0.3) is 0 Å². The molecule has 1 aliphatic carbocycles. The van der Waals surface area contributed by atoms with E-state index in [1.165, 1.54) is 0 Å². The molecule has 3 unspecified atom stereocenters. The first-order valence-corrected chi connectivity index (χ1v) is 12.1. The van der Waals surface area contributed by atoms with Crippen LogP contribution >= 0.6 is 0 Å². The van der Waals surface area contributed by atoms with E-state index in [9.17, 15) is 5.11 Å². The maximum absolute atomic E-state index is 11.4. The van der Waals surface area contributed by atoms with Crippen molar-refractivity contribution in [1.29, 1.82) is 0 Å². The number of benzene rings is 3. The number of hydrogen-bond donors (Lipinski definition) is 1. The molecule has 6 heteroatoms. The number of rotatable bonds is 9. The van der Waals surface area contributed by atoms with Gasteiger partial charge in [-0.05, 0) is 23.6 Å². The Morgan fingerprint density at radius 1 is 0.571 bits per heavy atom. The fourth-order valence-corrected chi connectivity index (χ4v) is 4.80. The first kappa shape index (κ1) is 24.1. The monoisotopic (exact) mass is 476 g/mol. The number of hydrogen-bond acceptors (Lipinski definition) is 6. The van der Waals surface area contributed by atoms with E-state index in [0.29, 0.717) is 19.8 Å². The van der Waals surface area contributed by atoms with E-state index in [1.807, 2.05) is 97.9 Å². The van der Waals surface area contributed by atoms with Crippen molar-refractivity contribution < 1.29 is 28.8 Å². The molecule has 0 spiro atoms. The van der Waals surface area contributed by atoms with Crippen LogP contribution in [0.1, 0.15) is 23.6 Å². The summed E-state index contributed by atoms with van der Waals surface area (Å²) in [4.78, 5) is 0. The molecule has 2 fully saturated rings. The largest absolute Gasteiger partial charge is 0.387 e. The lowest BCUT2D eigenvalue weighted by Gasteiger charge is -2.52. The summed E-state index contributed by atoms with van der Waals surface area (Å²) < 4.78 is 31.3. The Balaban J connectivity index is 1.38. The molecule has 2 bridgehead atoms. The van der Waals surface area contributed by atoms with E-state index < -0.39 is 42.9 Å². The molecule has 3 aromatic rings. The highest BCUT2D eigenvalue weighted by molar-refractivity contribution is 5.16. The van der Waals surface area contributed by atoms with Crippen LogP contribution in [0.3, 0.4) is 0 Å². The lowest BCUT2D eigenvalue weighted by atomic mass is 9.83. The predicted molar refractivity (Wildman–Crippen MR) is 130 cm³/mol. The maximum Gasteiger partial charge on any atom is 0.156 e. The van der Waals surface area contributed by atoms with Gasteiger partial charge in [0.25, 0.3) is 0 Å². The molecule has 1 heterocycles. The molecule has 184 valence electrons. The molecule has 1 N–H and O–H groups in total. The summed E-state index contributed by atoms with van der Waals surface area (Å²) in [5.74, 6) is 0. The first-order chi connectivity index (χ1) is 17.2. The van der Waals surface area contributed by atoms with E-state index in [4.69, 9.17) is 23.7 Å². The number of aliphatic hydroxyl groups excluding tert-OH is 1. The van der Waals surface area contributed by atoms with Crippen molar-refractivity contribution in [1.82, 2.24) is 0 Å². The van der Waals surface area contributed by atoms with Gasteiger partial charge in [0.2, 0.25) is 0 Å². The summed E-state index contributed by atoms with van der Waals surface area (Å²) >= 11 is 0. The normalized spacial score (nSPS) is 30.2. The molecule has 0 amide bonds. The van der Waals surface area contributed by atoms with Crippen LogP contribution in [0.4, 0.5) is 0 Å². The van der Waals surface area contributed by atoms with E-state index >= 15 is 0 Å². The zero-order valence-corrected chi connectivity index (χ0v) is 19.8. The second kappa shape index (κ2) is 11.4. The molecule has 1 saturated heterocycles. The molecule has 35 heavy (non-hydrogen) atoms. The van der Waals surface area contributed by atoms with Gasteiger partial charge < -0.3 is 28.8 Å². The van der Waals surface area contributed by atoms with Crippen molar-refractivity contribution >= 4 is 0 Å². The van der Waals surface area contributed by atoms with Crippen LogP contribution in [0.2, 0.25) is 0 Å². The fraction of sp³-hybridized carbons (Fsp3) is 0.379. The van der Waals surface area contributed by atoms with Crippen molar-refractivity contribution in [3.8, 4) is 0 Å². The van der Waals surface area contributed by atoms with Crippen molar-refractivity contribution in [2.45, 2.75) is 69.7 Å². The van der Waals surface area contributed by atoms with E-state index in [2.05, 4.69) is 0 Å². The van der Waals surface area contributed by atoms with E-state index in [0.717, 1.165) is 16.7 Å². The van der Waals surface area contributed by atoms with Crippen molar-refractivity contribution in [3.05, 3.63) is 108 Å². The minimum Gasteiger partial charge on any atom is -0.387 e. The molecule has 3 aromatic carbocycles. The highest BCUT2D eigenvalue weighted by Crippen LogP contribution is 2.37. The van der Waals surface area contributed by atoms with Gasteiger partial charge in [0.15, 0.2) is 6.29 Å². The lowest BCUT2D eigenvalue weighted by Crippen LogP contribution is -2.70.